The first-order valence-corrected chi connectivity index (χ1v) is 7.88. The van der Waals surface area contributed by atoms with Crippen LogP contribution >= 0.6 is 0 Å². The summed E-state index contributed by atoms with van der Waals surface area (Å²) in [6.07, 6.45) is 4.39. The minimum atomic E-state index is 0.466. The summed E-state index contributed by atoms with van der Waals surface area (Å²) >= 11 is 0. The van der Waals surface area contributed by atoms with Crippen LogP contribution < -0.4 is 0 Å². The summed E-state index contributed by atoms with van der Waals surface area (Å²) in [4.78, 5) is 6.84. The van der Waals surface area contributed by atoms with E-state index < -0.39 is 0 Å². The van der Waals surface area contributed by atoms with Crippen LogP contribution in [0, 0.1) is 24.7 Å². The van der Waals surface area contributed by atoms with Crippen molar-refractivity contribution in [2.24, 2.45) is 17.8 Å². The quantitative estimate of drug-likeness (QED) is 0.859. The van der Waals surface area contributed by atoms with Gasteiger partial charge in [-0.3, -0.25) is 4.90 Å². The third kappa shape index (κ3) is 2.80. The molecular weight excluding hydrogens is 282 g/mol. The number of hydrogen-bond donors (Lipinski definition) is 0. The van der Waals surface area contributed by atoms with E-state index in [1.165, 1.54) is 5.56 Å². The highest BCUT2D eigenvalue weighted by molar-refractivity contribution is 5.06. The van der Waals surface area contributed by atoms with Crippen molar-refractivity contribution in [3.05, 3.63) is 35.9 Å². The molecule has 0 aromatic carbocycles. The summed E-state index contributed by atoms with van der Waals surface area (Å²) in [7, 11) is 0. The van der Waals surface area contributed by atoms with Crippen molar-refractivity contribution < 1.29 is 13.7 Å². The minimum absolute atomic E-state index is 0.466. The maximum atomic E-state index is 5.82. The van der Waals surface area contributed by atoms with Crippen molar-refractivity contribution in [1.82, 2.24) is 15.0 Å². The molecule has 4 heterocycles. The molecular formula is C16H21N3O3. The van der Waals surface area contributed by atoms with Gasteiger partial charge in [0.25, 0.3) is 0 Å². The number of ether oxygens (including phenoxy) is 1. The third-order valence-electron chi connectivity index (χ3n) is 4.83. The molecule has 2 saturated heterocycles. The van der Waals surface area contributed by atoms with Gasteiger partial charge in [0, 0.05) is 31.6 Å². The molecule has 0 amide bonds. The smallest absolute Gasteiger partial charge is 0.227 e. The fraction of sp³-hybridized carbons (Fsp3) is 0.625. The molecule has 22 heavy (non-hydrogen) atoms. The van der Waals surface area contributed by atoms with Crippen molar-refractivity contribution in [2.45, 2.75) is 19.9 Å². The normalized spacial score (nSPS) is 28.9. The summed E-state index contributed by atoms with van der Waals surface area (Å²) in [6.45, 7) is 6.67. The molecule has 118 valence electrons. The van der Waals surface area contributed by atoms with E-state index in [4.69, 9.17) is 13.7 Å². The standard InChI is InChI=1S/C16H21N3O3/c1-11-17-16(22-18-11)4-13-9-21-10-14-6-19(7-15(13)14)5-12-2-3-20-8-12/h2-3,8,13-15H,4-7,9-10H2,1H3/t13-,14-,15+/m1/s1. The van der Waals surface area contributed by atoms with Gasteiger partial charge >= 0.3 is 0 Å². The maximum Gasteiger partial charge on any atom is 0.227 e. The van der Waals surface area contributed by atoms with Crippen LogP contribution in [0.4, 0.5) is 0 Å². The van der Waals surface area contributed by atoms with Crippen LogP contribution in [0.15, 0.2) is 27.5 Å². The molecule has 2 aromatic heterocycles. The van der Waals surface area contributed by atoms with Crippen LogP contribution in [0.2, 0.25) is 0 Å². The number of nitrogens with zero attached hydrogens (tertiary/aromatic N) is 3. The highest BCUT2D eigenvalue weighted by Crippen LogP contribution is 2.36. The Hall–Kier alpha value is -1.66. The molecule has 0 spiro atoms. The van der Waals surface area contributed by atoms with Gasteiger partial charge in [-0.25, -0.2) is 0 Å². The predicted octanol–water partition coefficient (Wildman–Crippen LogP) is 1.91. The van der Waals surface area contributed by atoms with Crippen molar-refractivity contribution in [2.75, 3.05) is 26.3 Å². The first-order valence-electron chi connectivity index (χ1n) is 7.88. The first-order chi connectivity index (χ1) is 10.8. The van der Waals surface area contributed by atoms with Gasteiger partial charge in [-0.1, -0.05) is 5.16 Å². The van der Waals surface area contributed by atoms with E-state index in [-0.39, 0.29) is 0 Å². The molecule has 2 aromatic rings. The van der Waals surface area contributed by atoms with E-state index in [0.29, 0.717) is 23.6 Å². The molecule has 0 saturated carbocycles. The molecule has 6 heteroatoms. The lowest BCUT2D eigenvalue weighted by Gasteiger charge is -2.32. The average molecular weight is 303 g/mol. The number of aryl methyl sites for hydroxylation is 1. The van der Waals surface area contributed by atoms with Crippen LogP contribution in [0.25, 0.3) is 0 Å². The van der Waals surface area contributed by atoms with Crippen LogP contribution in [-0.4, -0.2) is 41.3 Å². The maximum absolute atomic E-state index is 5.82. The van der Waals surface area contributed by atoms with E-state index in [0.717, 1.165) is 45.2 Å². The highest BCUT2D eigenvalue weighted by atomic mass is 16.5. The lowest BCUT2D eigenvalue weighted by atomic mass is 9.81. The fourth-order valence-electron chi connectivity index (χ4n) is 3.82. The lowest BCUT2D eigenvalue weighted by molar-refractivity contribution is -0.0110. The molecule has 0 radical (unpaired) electrons. The van der Waals surface area contributed by atoms with E-state index >= 15 is 0 Å². The van der Waals surface area contributed by atoms with Crippen molar-refractivity contribution >= 4 is 0 Å². The van der Waals surface area contributed by atoms with Crippen LogP contribution in [0.5, 0.6) is 0 Å². The molecule has 2 fully saturated rings. The van der Waals surface area contributed by atoms with Gasteiger partial charge in [0.1, 0.15) is 0 Å². The minimum Gasteiger partial charge on any atom is -0.472 e. The summed E-state index contributed by atoms with van der Waals surface area (Å²) in [6, 6.07) is 2.04. The summed E-state index contributed by atoms with van der Waals surface area (Å²) in [5.41, 5.74) is 1.24. The number of furan rings is 1. The van der Waals surface area contributed by atoms with Crippen molar-refractivity contribution in [3.8, 4) is 0 Å². The Balaban J connectivity index is 1.42. The molecule has 3 atom stereocenters. The molecule has 2 aliphatic rings. The summed E-state index contributed by atoms with van der Waals surface area (Å²) in [5.74, 6) is 3.16. The largest absolute Gasteiger partial charge is 0.472 e. The molecule has 0 N–H and O–H groups in total. The molecule has 0 aliphatic carbocycles. The zero-order chi connectivity index (χ0) is 14.9. The molecule has 2 aliphatic heterocycles. The number of likely N-dealkylation sites (tertiary alicyclic amines) is 1. The Labute approximate surface area is 129 Å². The highest BCUT2D eigenvalue weighted by Gasteiger charge is 2.41. The lowest BCUT2D eigenvalue weighted by Crippen LogP contribution is -2.36. The van der Waals surface area contributed by atoms with Gasteiger partial charge in [0.05, 0.1) is 25.7 Å². The first kappa shape index (κ1) is 14.0. The van der Waals surface area contributed by atoms with E-state index in [9.17, 15) is 0 Å². The second-order valence-corrected chi connectivity index (χ2v) is 6.49. The second-order valence-electron chi connectivity index (χ2n) is 6.49. The monoisotopic (exact) mass is 303 g/mol. The van der Waals surface area contributed by atoms with Gasteiger partial charge in [0.2, 0.25) is 5.89 Å². The molecule has 0 unspecified atom stereocenters. The molecule has 0 bridgehead atoms. The summed E-state index contributed by atoms with van der Waals surface area (Å²) in [5, 5.41) is 3.88. The zero-order valence-corrected chi connectivity index (χ0v) is 12.8. The second kappa shape index (κ2) is 5.85. The third-order valence-corrected chi connectivity index (χ3v) is 4.83. The van der Waals surface area contributed by atoms with Crippen LogP contribution in [0.1, 0.15) is 17.3 Å². The number of fused-ring (bicyclic) bond motifs is 1. The number of hydrogen-bond acceptors (Lipinski definition) is 6. The molecule has 6 nitrogen and oxygen atoms in total. The number of rotatable bonds is 4. The average Bonchev–Trinajstić information content (AvgIpc) is 3.21. The zero-order valence-electron chi connectivity index (χ0n) is 12.8. The van der Waals surface area contributed by atoms with Crippen LogP contribution in [0.3, 0.4) is 0 Å². The Bertz CT molecular complexity index is 610. The Morgan fingerprint density at radius 1 is 1.32 bits per heavy atom. The number of aromatic nitrogens is 2. The van der Waals surface area contributed by atoms with Gasteiger partial charge < -0.3 is 13.7 Å². The molecule has 4 rings (SSSR count). The Morgan fingerprint density at radius 2 is 2.27 bits per heavy atom. The van der Waals surface area contributed by atoms with E-state index in [1.807, 2.05) is 19.3 Å². The SMILES string of the molecule is Cc1noc(C[C@@H]2COC[C@H]3CN(Cc4ccoc4)C[C@@H]23)n1. The van der Waals surface area contributed by atoms with Gasteiger partial charge in [0.15, 0.2) is 5.82 Å². The van der Waals surface area contributed by atoms with Gasteiger partial charge in [-0.2, -0.15) is 4.98 Å². The van der Waals surface area contributed by atoms with Crippen molar-refractivity contribution in [3.63, 3.8) is 0 Å². The van der Waals surface area contributed by atoms with Gasteiger partial charge in [-0.05, 0) is 30.7 Å². The topological polar surface area (TPSA) is 64.5 Å². The van der Waals surface area contributed by atoms with E-state index in [2.05, 4.69) is 15.0 Å². The summed E-state index contributed by atoms with van der Waals surface area (Å²) < 4.78 is 16.3. The Morgan fingerprint density at radius 3 is 3.05 bits per heavy atom. The van der Waals surface area contributed by atoms with Gasteiger partial charge in [-0.15, -0.1) is 0 Å². The predicted molar refractivity (Wildman–Crippen MR) is 78.0 cm³/mol. The van der Waals surface area contributed by atoms with Crippen LogP contribution in [-0.2, 0) is 17.7 Å². The van der Waals surface area contributed by atoms with E-state index in [1.54, 1.807) is 6.26 Å². The van der Waals surface area contributed by atoms with Crippen molar-refractivity contribution in [1.29, 1.82) is 0 Å². The Kier molecular flexibility index (Phi) is 3.72. The fourth-order valence-corrected chi connectivity index (χ4v) is 3.82.